The van der Waals surface area contributed by atoms with Crippen molar-refractivity contribution >= 4 is 22.7 Å². The number of hydrogen-bond acceptors (Lipinski definition) is 5. The second-order valence-electron chi connectivity index (χ2n) is 4.69. The minimum atomic E-state index is -0.258. The maximum absolute atomic E-state index is 12.9. The number of ether oxygens (including phenoxy) is 1. The van der Waals surface area contributed by atoms with Crippen LogP contribution in [0.5, 0.6) is 5.75 Å². The number of anilines is 1. The third-order valence-corrected chi connectivity index (χ3v) is 3.88. The minimum Gasteiger partial charge on any atom is -0.497 e. The van der Waals surface area contributed by atoms with E-state index in [-0.39, 0.29) is 5.82 Å². The number of aromatic nitrogens is 1. The molecule has 6 heteroatoms. The van der Waals surface area contributed by atoms with Crippen molar-refractivity contribution in [2.75, 3.05) is 12.5 Å². The first-order chi connectivity index (χ1) is 11.2. The van der Waals surface area contributed by atoms with Gasteiger partial charge in [-0.3, -0.25) is 5.43 Å². The van der Waals surface area contributed by atoms with Gasteiger partial charge in [-0.1, -0.05) is 0 Å². The van der Waals surface area contributed by atoms with Gasteiger partial charge in [0.25, 0.3) is 0 Å². The van der Waals surface area contributed by atoms with Crippen molar-refractivity contribution in [3.63, 3.8) is 0 Å². The third-order valence-electron chi connectivity index (χ3n) is 3.13. The second kappa shape index (κ2) is 7.02. The molecular weight excluding hydrogens is 313 g/mol. The van der Waals surface area contributed by atoms with Crippen LogP contribution in [0, 0.1) is 5.82 Å². The monoisotopic (exact) mass is 327 g/mol. The van der Waals surface area contributed by atoms with Crippen LogP contribution >= 0.6 is 11.3 Å². The SMILES string of the molecule is COc1ccc(/C=N\Nc2nc(-c3ccc(F)cc3)cs2)cc1. The Balaban J connectivity index is 1.64. The first-order valence-electron chi connectivity index (χ1n) is 6.89. The molecule has 0 bridgehead atoms. The molecule has 4 nitrogen and oxygen atoms in total. The van der Waals surface area contributed by atoms with Crippen molar-refractivity contribution in [2.24, 2.45) is 5.10 Å². The summed E-state index contributed by atoms with van der Waals surface area (Å²) in [5.74, 6) is 0.547. The summed E-state index contributed by atoms with van der Waals surface area (Å²) in [6.07, 6.45) is 1.71. The van der Waals surface area contributed by atoms with E-state index in [0.717, 1.165) is 22.6 Å². The summed E-state index contributed by atoms with van der Waals surface area (Å²) in [5, 5.41) is 6.74. The molecule has 1 aromatic heterocycles. The molecule has 0 aliphatic carbocycles. The van der Waals surface area contributed by atoms with Crippen molar-refractivity contribution in [1.29, 1.82) is 0 Å². The summed E-state index contributed by atoms with van der Waals surface area (Å²) in [4.78, 5) is 4.42. The Morgan fingerprint density at radius 3 is 2.57 bits per heavy atom. The van der Waals surface area contributed by atoms with Crippen LogP contribution in [0.4, 0.5) is 9.52 Å². The van der Waals surface area contributed by atoms with Gasteiger partial charge in [0.2, 0.25) is 5.13 Å². The van der Waals surface area contributed by atoms with Gasteiger partial charge in [-0.2, -0.15) is 5.10 Å². The van der Waals surface area contributed by atoms with Gasteiger partial charge in [-0.05, 0) is 54.1 Å². The van der Waals surface area contributed by atoms with Gasteiger partial charge in [0.15, 0.2) is 0 Å². The number of benzene rings is 2. The molecule has 0 spiro atoms. The highest BCUT2D eigenvalue weighted by atomic mass is 32.1. The highest BCUT2D eigenvalue weighted by Gasteiger charge is 2.03. The predicted octanol–water partition coefficient (Wildman–Crippen LogP) is 4.40. The first kappa shape index (κ1) is 15.2. The molecule has 0 radical (unpaired) electrons. The number of nitrogens with zero attached hydrogens (tertiary/aromatic N) is 2. The number of methoxy groups -OCH3 is 1. The Hall–Kier alpha value is -2.73. The number of rotatable bonds is 5. The van der Waals surface area contributed by atoms with E-state index in [1.165, 1.54) is 23.5 Å². The predicted molar refractivity (Wildman–Crippen MR) is 91.7 cm³/mol. The molecule has 3 rings (SSSR count). The van der Waals surface area contributed by atoms with E-state index in [2.05, 4.69) is 15.5 Å². The zero-order chi connectivity index (χ0) is 16.1. The average molecular weight is 327 g/mol. The molecule has 3 aromatic rings. The lowest BCUT2D eigenvalue weighted by Crippen LogP contribution is -1.90. The van der Waals surface area contributed by atoms with Crippen LogP contribution in [-0.4, -0.2) is 18.3 Å². The maximum atomic E-state index is 12.9. The van der Waals surface area contributed by atoms with Crippen LogP contribution < -0.4 is 10.2 Å². The zero-order valence-electron chi connectivity index (χ0n) is 12.4. The van der Waals surface area contributed by atoms with Crippen LogP contribution in [0.1, 0.15) is 5.56 Å². The number of thiazole rings is 1. The first-order valence-corrected chi connectivity index (χ1v) is 7.77. The van der Waals surface area contributed by atoms with Crippen LogP contribution in [0.2, 0.25) is 0 Å². The van der Waals surface area contributed by atoms with E-state index in [1.807, 2.05) is 29.6 Å². The lowest BCUT2D eigenvalue weighted by atomic mass is 10.2. The maximum Gasteiger partial charge on any atom is 0.203 e. The van der Waals surface area contributed by atoms with E-state index in [1.54, 1.807) is 25.5 Å². The average Bonchev–Trinajstić information content (AvgIpc) is 3.05. The largest absolute Gasteiger partial charge is 0.497 e. The van der Waals surface area contributed by atoms with Gasteiger partial charge < -0.3 is 4.74 Å². The van der Waals surface area contributed by atoms with Crippen LogP contribution in [0.3, 0.4) is 0 Å². The van der Waals surface area contributed by atoms with Gasteiger partial charge in [-0.25, -0.2) is 9.37 Å². The van der Waals surface area contributed by atoms with E-state index in [0.29, 0.717) is 5.13 Å². The molecule has 23 heavy (non-hydrogen) atoms. The molecule has 0 fully saturated rings. The van der Waals surface area contributed by atoms with Gasteiger partial charge in [0, 0.05) is 10.9 Å². The quantitative estimate of drug-likeness (QED) is 0.558. The molecule has 116 valence electrons. The summed E-state index contributed by atoms with van der Waals surface area (Å²) < 4.78 is 18.0. The molecular formula is C17H14FN3OS. The topological polar surface area (TPSA) is 46.5 Å². The highest BCUT2D eigenvalue weighted by molar-refractivity contribution is 7.14. The molecule has 0 unspecified atom stereocenters. The van der Waals surface area contributed by atoms with E-state index in [9.17, 15) is 4.39 Å². The Morgan fingerprint density at radius 1 is 1.13 bits per heavy atom. The highest BCUT2D eigenvalue weighted by Crippen LogP contribution is 2.24. The molecule has 0 aliphatic heterocycles. The summed E-state index contributed by atoms with van der Waals surface area (Å²) in [5.41, 5.74) is 5.51. The Morgan fingerprint density at radius 2 is 1.87 bits per heavy atom. The number of halogens is 1. The number of nitrogens with one attached hydrogen (secondary N) is 1. The third kappa shape index (κ3) is 3.92. The van der Waals surface area contributed by atoms with Crippen molar-refractivity contribution < 1.29 is 9.13 Å². The summed E-state index contributed by atoms with van der Waals surface area (Å²) in [6, 6.07) is 13.8. The normalized spacial score (nSPS) is 10.9. The van der Waals surface area contributed by atoms with Crippen molar-refractivity contribution in [3.8, 4) is 17.0 Å². The fourth-order valence-corrected chi connectivity index (χ4v) is 2.60. The van der Waals surface area contributed by atoms with E-state index < -0.39 is 0 Å². The van der Waals surface area contributed by atoms with Gasteiger partial charge in [-0.15, -0.1) is 11.3 Å². The van der Waals surface area contributed by atoms with Crippen molar-refractivity contribution in [2.45, 2.75) is 0 Å². The molecule has 0 saturated heterocycles. The Labute approximate surface area is 137 Å². The fraction of sp³-hybridized carbons (Fsp3) is 0.0588. The molecule has 0 atom stereocenters. The fourth-order valence-electron chi connectivity index (χ4n) is 1.93. The van der Waals surface area contributed by atoms with Crippen LogP contribution in [0.25, 0.3) is 11.3 Å². The second-order valence-corrected chi connectivity index (χ2v) is 5.55. The standard InChI is InChI=1S/C17H14FN3OS/c1-22-15-8-2-12(3-9-15)10-19-21-17-20-16(11-23-17)13-4-6-14(18)7-5-13/h2-11H,1H3,(H,20,21)/b19-10-. The lowest BCUT2D eigenvalue weighted by Gasteiger charge is -1.99. The number of hydrogen-bond donors (Lipinski definition) is 1. The molecule has 0 saturated carbocycles. The van der Waals surface area contributed by atoms with Gasteiger partial charge in [0.05, 0.1) is 19.0 Å². The van der Waals surface area contributed by atoms with Gasteiger partial charge in [0.1, 0.15) is 11.6 Å². The van der Waals surface area contributed by atoms with Crippen molar-refractivity contribution in [1.82, 2.24) is 4.98 Å². The smallest absolute Gasteiger partial charge is 0.203 e. The molecule has 1 heterocycles. The summed E-state index contributed by atoms with van der Waals surface area (Å²) in [7, 11) is 1.63. The Bertz CT molecular complexity index is 797. The van der Waals surface area contributed by atoms with Crippen LogP contribution in [0.15, 0.2) is 59.0 Å². The molecule has 0 aliphatic rings. The minimum absolute atomic E-state index is 0.258. The van der Waals surface area contributed by atoms with Gasteiger partial charge >= 0.3 is 0 Å². The summed E-state index contributed by atoms with van der Waals surface area (Å²) in [6.45, 7) is 0. The molecule has 2 aromatic carbocycles. The molecule has 0 amide bonds. The van der Waals surface area contributed by atoms with Crippen LogP contribution in [-0.2, 0) is 0 Å². The number of hydrazone groups is 1. The summed E-state index contributed by atoms with van der Waals surface area (Å²) >= 11 is 1.44. The Kier molecular flexibility index (Phi) is 4.63. The zero-order valence-corrected chi connectivity index (χ0v) is 13.2. The van der Waals surface area contributed by atoms with E-state index >= 15 is 0 Å². The van der Waals surface area contributed by atoms with E-state index in [4.69, 9.17) is 4.74 Å². The molecule has 1 N–H and O–H groups in total. The van der Waals surface area contributed by atoms with Crippen molar-refractivity contribution in [3.05, 3.63) is 65.3 Å². The lowest BCUT2D eigenvalue weighted by molar-refractivity contribution is 0.415.